The minimum atomic E-state index is -0.521. The lowest BCUT2D eigenvalue weighted by Crippen LogP contribution is -2.30. The van der Waals surface area contributed by atoms with Crippen molar-refractivity contribution < 1.29 is 14.2 Å². The maximum Gasteiger partial charge on any atom is 0.159 e. The van der Waals surface area contributed by atoms with Gasteiger partial charge in [0.25, 0.3) is 0 Å². The van der Waals surface area contributed by atoms with Gasteiger partial charge in [-0.25, -0.2) is 9.97 Å². The van der Waals surface area contributed by atoms with Crippen LogP contribution in [0, 0.1) is 0 Å². The summed E-state index contributed by atoms with van der Waals surface area (Å²) in [7, 11) is 3.30. The van der Waals surface area contributed by atoms with Crippen molar-refractivity contribution in [1.82, 2.24) is 9.97 Å². The average molecular weight is 348 g/mol. The van der Waals surface area contributed by atoms with Crippen LogP contribution in [0.5, 0.6) is 17.2 Å². The molecule has 0 N–H and O–H groups in total. The van der Waals surface area contributed by atoms with E-state index in [1.807, 2.05) is 62.5 Å². The second-order valence-electron chi connectivity index (χ2n) is 6.66. The molecule has 0 atom stereocenters. The van der Waals surface area contributed by atoms with Crippen LogP contribution < -0.4 is 14.2 Å². The Bertz CT molecular complexity index is 965. The van der Waals surface area contributed by atoms with Crippen molar-refractivity contribution in [3.8, 4) is 39.9 Å². The Labute approximate surface area is 152 Å². The first-order valence-corrected chi connectivity index (χ1v) is 8.41. The van der Waals surface area contributed by atoms with Gasteiger partial charge in [-0.05, 0) is 50.2 Å². The number of hydrogen-bond donors (Lipinski definition) is 0. The van der Waals surface area contributed by atoms with Crippen molar-refractivity contribution in [2.45, 2.75) is 19.4 Å². The molecule has 0 radical (unpaired) electrons. The van der Waals surface area contributed by atoms with E-state index in [0.29, 0.717) is 5.82 Å². The summed E-state index contributed by atoms with van der Waals surface area (Å²) in [6.45, 7) is 4.04. The number of hydrogen-bond acceptors (Lipinski definition) is 5. The Morgan fingerprint density at radius 3 is 2.31 bits per heavy atom. The molecule has 2 aromatic carbocycles. The van der Waals surface area contributed by atoms with Crippen molar-refractivity contribution >= 4 is 0 Å². The first-order valence-electron chi connectivity index (χ1n) is 8.41. The first kappa shape index (κ1) is 16.4. The Morgan fingerprint density at radius 1 is 0.923 bits per heavy atom. The fraction of sp³-hybridized carbons (Fsp3) is 0.238. The average Bonchev–Trinajstić information content (AvgIpc) is 2.67. The quantitative estimate of drug-likeness (QED) is 0.700. The number of methoxy groups -OCH3 is 2. The minimum Gasteiger partial charge on any atom is -0.497 e. The summed E-state index contributed by atoms with van der Waals surface area (Å²) in [5.41, 5.74) is 3.21. The van der Waals surface area contributed by atoms with E-state index in [2.05, 4.69) is 4.98 Å². The Hall–Kier alpha value is -3.08. The summed E-state index contributed by atoms with van der Waals surface area (Å²) in [5, 5.41) is 0. The molecule has 0 spiro atoms. The van der Waals surface area contributed by atoms with Crippen LogP contribution in [0.15, 0.2) is 48.7 Å². The van der Waals surface area contributed by atoms with Gasteiger partial charge in [0.1, 0.15) is 22.8 Å². The molecule has 0 aliphatic carbocycles. The fourth-order valence-electron chi connectivity index (χ4n) is 3.15. The predicted octanol–water partition coefficient (Wildman–Crippen LogP) is 4.46. The zero-order valence-corrected chi connectivity index (χ0v) is 15.2. The Morgan fingerprint density at radius 2 is 1.62 bits per heavy atom. The van der Waals surface area contributed by atoms with Gasteiger partial charge in [0.2, 0.25) is 0 Å². The molecular formula is C21H20N2O3. The van der Waals surface area contributed by atoms with Gasteiger partial charge in [-0.2, -0.15) is 0 Å². The number of ether oxygens (including phenoxy) is 3. The molecule has 2 heterocycles. The second kappa shape index (κ2) is 6.02. The number of benzene rings is 2. The molecule has 0 unspecified atom stereocenters. The normalized spacial score (nSPS) is 14.0. The lowest BCUT2D eigenvalue weighted by Gasteiger charge is -2.34. The molecule has 0 amide bonds. The molecule has 132 valence electrons. The van der Waals surface area contributed by atoms with Crippen molar-refractivity contribution in [1.29, 1.82) is 0 Å². The summed E-state index contributed by atoms with van der Waals surface area (Å²) < 4.78 is 16.7. The van der Waals surface area contributed by atoms with Crippen molar-refractivity contribution in [2.24, 2.45) is 0 Å². The van der Waals surface area contributed by atoms with Crippen LogP contribution in [-0.4, -0.2) is 24.2 Å². The van der Waals surface area contributed by atoms with E-state index in [4.69, 9.17) is 19.2 Å². The number of nitrogens with zero attached hydrogens (tertiary/aromatic N) is 2. The number of rotatable bonds is 3. The van der Waals surface area contributed by atoms with Crippen LogP contribution in [0.2, 0.25) is 0 Å². The van der Waals surface area contributed by atoms with Gasteiger partial charge in [0, 0.05) is 29.0 Å². The van der Waals surface area contributed by atoms with Gasteiger partial charge >= 0.3 is 0 Å². The third kappa shape index (κ3) is 2.65. The Balaban J connectivity index is 1.86. The maximum atomic E-state index is 6.19. The van der Waals surface area contributed by atoms with Gasteiger partial charge in [-0.1, -0.05) is 0 Å². The van der Waals surface area contributed by atoms with Crippen LogP contribution >= 0.6 is 0 Å². The van der Waals surface area contributed by atoms with Crippen molar-refractivity contribution in [2.75, 3.05) is 14.2 Å². The summed E-state index contributed by atoms with van der Waals surface area (Å²) >= 11 is 0. The molecule has 1 aliphatic heterocycles. The summed E-state index contributed by atoms with van der Waals surface area (Å²) in [6.07, 6.45) is 1.86. The number of fused-ring (bicyclic) bond motifs is 3. The SMILES string of the molecule is COc1ccc(-c2ncc3c(n2)-c2ccc(OC)cc2OC3(C)C)cc1. The molecule has 0 fully saturated rings. The lowest BCUT2D eigenvalue weighted by molar-refractivity contribution is 0.104. The zero-order chi connectivity index (χ0) is 18.3. The highest BCUT2D eigenvalue weighted by molar-refractivity contribution is 5.75. The molecule has 1 aromatic heterocycles. The topological polar surface area (TPSA) is 53.5 Å². The number of aromatic nitrogens is 2. The molecular weight excluding hydrogens is 328 g/mol. The van der Waals surface area contributed by atoms with Gasteiger partial charge in [0.15, 0.2) is 5.82 Å². The molecule has 1 aliphatic rings. The van der Waals surface area contributed by atoms with Crippen LogP contribution in [-0.2, 0) is 5.60 Å². The summed E-state index contributed by atoms with van der Waals surface area (Å²) in [6, 6.07) is 13.5. The van der Waals surface area contributed by atoms with Crippen molar-refractivity contribution in [3.63, 3.8) is 0 Å². The lowest BCUT2D eigenvalue weighted by atomic mass is 9.90. The van der Waals surface area contributed by atoms with Crippen molar-refractivity contribution in [3.05, 3.63) is 54.2 Å². The highest BCUT2D eigenvalue weighted by Crippen LogP contribution is 2.45. The predicted molar refractivity (Wildman–Crippen MR) is 99.7 cm³/mol. The molecule has 0 bridgehead atoms. The minimum absolute atomic E-state index is 0.521. The first-order chi connectivity index (χ1) is 12.5. The van der Waals surface area contributed by atoms with E-state index in [1.165, 1.54) is 0 Å². The second-order valence-corrected chi connectivity index (χ2v) is 6.66. The largest absolute Gasteiger partial charge is 0.497 e. The fourth-order valence-corrected chi connectivity index (χ4v) is 3.15. The molecule has 0 saturated carbocycles. The zero-order valence-electron chi connectivity index (χ0n) is 15.2. The maximum absolute atomic E-state index is 6.19. The van der Waals surface area contributed by atoms with E-state index >= 15 is 0 Å². The third-order valence-corrected chi connectivity index (χ3v) is 4.59. The van der Waals surface area contributed by atoms with E-state index in [1.54, 1.807) is 14.2 Å². The molecule has 0 saturated heterocycles. The van der Waals surface area contributed by atoms with Gasteiger partial charge in [-0.3, -0.25) is 0 Å². The molecule has 3 aromatic rings. The van der Waals surface area contributed by atoms with Crippen LogP contribution in [0.4, 0.5) is 0 Å². The van der Waals surface area contributed by atoms with E-state index in [-0.39, 0.29) is 0 Å². The molecule has 26 heavy (non-hydrogen) atoms. The monoisotopic (exact) mass is 348 g/mol. The van der Waals surface area contributed by atoms with Crippen LogP contribution in [0.25, 0.3) is 22.6 Å². The van der Waals surface area contributed by atoms with E-state index < -0.39 is 5.60 Å². The highest BCUT2D eigenvalue weighted by Gasteiger charge is 2.34. The van der Waals surface area contributed by atoms with E-state index in [0.717, 1.165) is 39.6 Å². The van der Waals surface area contributed by atoms with Crippen LogP contribution in [0.1, 0.15) is 19.4 Å². The Kier molecular flexibility index (Phi) is 3.80. The van der Waals surface area contributed by atoms with E-state index in [9.17, 15) is 0 Å². The third-order valence-electron chi connectivity index (χ3n) is 4.59. The van der Waals surface area contributed by atoms with Gasteiger partial charge in [0.05, 0.1) is 19.9 Å². The molecule has 5 heteroatoms. The smallest absolute Gasteiger partial charge is 0.159 e. The summed E-state index contributed by atoms with van der Waals surface area (Å²) in [5.74, 6) is 3.00. The molecule has 4 rings (SSSR count). The standard InChI is InChI=1S/C21H20N2O3/c1-21(2)17-12-22-20(13-5-7-14(24-3)8-6-13)23-19(17)16-10-9-15(25-4)11-18(16)26-21/h5-12H,1-4H3. The van der Waals surface area contributed by atoms with Gasteiger partial charge < -0.3 is 14.2 Å². The molecule has 5 nitrogen and oxygen atoms in total. The van der Waals surface area contributed by atoms with Crippen LogP contribution in [0.3, 0.4) is 0 Å². The summed E-state index contributed by atoms with van der Waals surface area (Å²) in [4.78, 5) is 9.42. The highest BCUT2D eigenvalue weighted by atomic mass is 16.5. The van der Waals surface area contributed by atoms with Gasteiger partial charge in [-0.15, -0.1) is 0 Å².